The maximum absolute atomic E-state index is 11.2. The summed E-state index contributed by atoms with van der Waals surface area (Å²) in [6.07, 6.45) is 0. The van der Waals surface area contributed by atoms with Gasteiger partial charge < -0.3 is 21.6 Å². The third-order valence-corrected chi connectivity index (χ3v) is 3.17. The summed E-state index contributed by atoms with van der Waals surface area (Å²) in [5.74, 6) is -0.977. The van der Waals surface area contributed by atoms with Crippen LogP contribution < -0.4 is 17.0 Å². The minimum absolute atomic E-state index is 0.0826. The standard InChI is InChI=1S/C11H10N4O3S/c12-6-2-1-5(10(17)18)3-7(6)19-11-14-8(13)4-9(16)15-11/h1-4H,12H2,(H,17,18)(H3,13,14,15,16). The molecule has 19 heavy (non-hydrogen) atoms. The predicted octanol–water partition coefficient (Wildman–Crippen LogP) is 0.784. The summed E-state index contributed by atoms with van der Waals surface area (Å²) >= 11 is 1.04. The molecule has 0 aliphatic heterocycles. The molecule has 2 rings (SSSR count). The molecule has 0 aliphatic rings. The Labute approximate surface area is 111 Å². The molecule has 8 heteroatoms. The number of aromatic amines is 1. The van der Waals surface area contributed by atoms with Gasteiger partial charge in [-0.1, -0.05) is 0 Å². The first-order valence-electron chi connectivity index (χ1n) is 5.13. The lowest BCUT2D eigenvalue weighted by Crippen LogP contribution is -2.09. The van der Waals surface area contributed by atoms with Crippen LogP contribution in [0, 0.1) is 0 Å². The van der Waals surface area contributed by atoms with Crippen LogP contribution in [0.15, 0.2) is 39.1 Å². The largest absolute Gasteiger partial charge is 0.478 e. The van der Waals surface area contributed by atoms with Crippen molar-refractivity contribution >= 4 is 29.2 Å². The van der Waals surface area contributed by atoms with E-state index in [-0.39, 0.29) is 22.1 Å². The Hall–Kier alpha value is -2.48. The van der Waals surface area contributed by atoms with Crippen molar-refractivity contribution in [3.05, 3.63) is 40.2 Å². The SMILES string of the molecule is Nc1cc(=O)[nH]c(Sc2cc(C(=O)O)ccc2N)n1. The number of benzene rings is 1. The summed E-state index contributed by atoms with van der Waals surface area (Å²) in [6.45, 7) is 0. The van der Waals surface area contributed by atoms with Crippen molar-refractivity contribution in [1.29, 1.82) is 0 Å². The molecule has 6 N–H and O–H groups in total. The van der Waals surface area contributed by atoms with Crippen molar-refractivity contribution in [2.75, 3.05) is 11.5 Å². The zero-order valence-electron chi connectivity index (χ0n) is 9.58. The fourth-order valence-electron chi connectivity index (χ4n) is 1.36. The summed E-state index contributed by atoms with van der Waals surface area (Å²) in [4.78, 5) is 29.0. The quantitative estimate of drug-likeness (QED) is 0.481. The average Bonchev–Trinajstić information content (AvgIpc) is 2.30. The first-order valence-corrected chi connectivity index (χ1v) is 5.95. The van der Waals surface area contributed by atoms with Crippen molar-refractivity contribution in [3.63, 3.8) is 0 Å². The molecule has 98 valence electrons. The number of nitrogens with two attached hydrogens (primary N) is 2. The number of carboxylic acid groups (broad SMARTS) is 1. The Morgan fingerprint density at radius 1 is 1.32 bits per heavy atom. The lowest BCUT2D eigenvalue weighted by atomic mass is 10.2. The molecule has 0 atom stereocenters. The lowest BCUT2D eigenvalue weighted by molar-refractivity contribution is 0.0696. The highest BCUT2D eigenvalue weighted by molar-refractivity contribution is 7.99. The van der Waals surface area contributed by atoms with E-state index < -0.39 is 5.97 Å². The summed E-state index contributed by atoms with van der Waals surface area (Å²) < 4.78 is 0. The number of carboxylic acids is 1. The third-order valence-electron chi connectivity index (χ3n) is 2.21. The summed E-state index contributed by atoms with van der Waals surface area (Å²) in [6, 6.07) is 5.44. The molecule has 7 nitrogen and oxygen atoms in total. The maximum Gasteiger partial charge on any atom is 0.335 e. The highest BCUT2D eigenvalue weighted by atomic mass is 32.2. The summed E-state index contributed by atoms with van der Waals surface area (Å²) in [5.41, 5.74) is 11.3. The zero-order chi connectivity index (χ0) is 14.0. The number of aromatic carboxylic acids is 1. The van der Waals surface area contributed by atoms with E-state index >= 15 is 0 Å². The first kappa shape index (κ1) is 13.0. The second-order valence-electron chi connectivity index (χ2n) is 3.64. The summed E-state index contributed by atoms with van der Waals surface area (Å²) in [5, 5.41) is 9.16. The van der Waals surface area contributed by atoms with Gasteiger partial charge in [0.15, 0.2) is 5.16 Å². The Balaban J connectivity index is 2.39. The molecule has 2 aromatic rings. The smallest absolute Gasteiger partial charge is 0.335 e. The number of carbonyl (C=O) groups is 1. The molecule has 0 spiro atoms. The van der Waals surface area contributed by atoms with Gasteiger partial charge in [-0.3, -0.25) is 4.79 Å². The van der Waals surface area contributed by atoms with Gasteiger partial charge in [-0.05, 0) is 30.0 Å². The van der Waals surface area contributed by atoms with Crippen LogP contribution in [0.25, 0.3) is 0 Å². The van der Waals surface area contributed by atoms with Crippen LogP contribution in [0.1, 0.15) is 10.4 Å². The van der Waals surface area contributed by atoms with Crippen LogP contribution in [0.2, 0.25) is 0 Å². The van der Waals surface area contributed by atoms with E-state index in [4.69, 9.17) is 16.6 Å². The minimum Gasteiger partial charge on any atom is -0.478 e. The van der Waals surface area contributed by atoms with E-state index in [1.54, 1.807) is 0 Å². The first-order chi connectivity index (χ1) is 8.95. The van der Waals surface area contributed by atoms with Gasteiger partial charge in [0.2, 0.25) is 0 Å². The number of hydrogen-bond acceptors (Lipinski definition) is 6. The second kappa shape index (κ2) is 5.02. The zero-order valence-corrected chi connectivity index (χ0v) is 10.4. The van der Waals surface area contributed by atoms with Crippen LogP contribution in [0.3, 0.4) is 0 Å². The van der Waals surface area contributed by atoms with E-state index in [2.05, 4.69) is 9.97 Å². The topological polar surface area (TPSA) is 135 Å². The fraction of sp³-hybridized carbons (Fsp3) is 0. The Kier molecular flexibility index (Phi) is 3.43. The van der Waals surface area contributed by atoms with E-state index in [0.717, 1.165) is 17.8 Å². The third kappa shape index (κ3) is 3.05. The molecule has 0 saturated carbocycles. The molecular weight excluding hydrogens is 268 g/mol. The van der Waals surface area contributed by atoms with E-state index in [1.807, 2.05) is 0 Å². The number of rotatable bonds is 3. The van der Waals surface area contributed by atoms with E-state index in [1.165, 1.54) is 18.2 Å². The van der Waals surface area contributed by atoms with Crippen LogP contribution in [0.4, 0.5) is 11.5 Å². The Morgan fingerprint density at radius 2 is 2.05 bits per heavy atom. The molecule has 0 unspecified atom stereocenters. The van der Waals surface area contributed by atoms with Crippen molar-refractivity contribution in [1.82, 2.24) is 9.97 Å². The summed E-state index contributed by atoms with van der Waals surface area (Å²) in [7, 11) is 0. The van der Waals surface area contributed by atoms with E-state index in [9.17, 15) is 9.59 Å². The fourth-order valence-corrected chi connectivity index (χ4v) is 2.24. The number of nitrogens with one attached hydrogen (secondary N) is 1. The predicted molar refractivity (Wildman–Crippen MR) is 71.2 cm³/mol. The molecule has 1 heterocycles. The number of aromatic nitrogens is 2. The molecule has 0 amide bonds. The monoisotopic (exact) mass is 278 g/mol. The van der Waals surface area contributed by atoms with Crippen LogP contribution in [-0.4, -0.2) is 21.0 Å². The molecule has 1 aromatic carbocycles. The molecule has 0 bridgehead atoms. The van der Waals surface area contributed by atoms with Crippen molar-refractivity contribution in [2.24, 2.45) is 0 Å². The van der Waals surface area contributed by atoms with Crippen LogP contribution in [-0.2, 0) is 0 Å². The van der Waals surface area contributed by atoms with Crippen LogP contribution in [0.5, 0.6) is 0 Å². The lowest BCUT2D eigenvalue weighted by Gasteiger charge is -2.06. The molecule has 0 fully saturated rings. The number of nitrogens with zero attached hydrogens (tertiary/aromatic N) is 1. The van der Waals surface area contributed by atoms with Crippen molar-refractivity contribution in [3.8, 4) is 0 Å². The molecule has 0 aliphatic carbocycles. The molecular formula is C11H10N4O3S. The van der Waals surface area contributed by atoms with Gasteiger partial charge >= 0.3 is 5.97 Å². The number of H-pyrrole nitrogens is 1. The molecule has 0 radical (unpaired) electrons. The Morgan fingerprint density at radius 3 is 2.68 bits per heavy atom. The second-order valence-corrected chi connectivity index (χ2v) is 4.67. The van der Waals surface area contributed by atoms with Gasteiger partial charge in [0.05, 0.1) is 5.56 Å². The highest BCUT2D eigenvalue weighted by Crippen LogP contribution is 2.30. The van der Waals surface area contributed by atoms with E-state index in [0.29, 0.717) is 10.6 Å². The van der Waals surface area contributed by atoms with Gasteiger partial charge in [-0.2, -0.15) is 0 Å². The van der Waals surface area contributed by atoms with Crippen LogP contribution >= 0.6 is 11.8 Å². The number of nitrogen functional groups attached to an aromatic ring is 2. The minimum atomic E-state index is -1.06. The molecule has 0 saturated heterocycles. The number of hydrogen-bond donors (Lipinski definition) is 4. The number of anilines is 2. The normalized spacial score (nSPS) is 10.3. The van der Waals surface area contributed by atoms with Gasteiger partial charge in [0.25, 0.3) is 5.56 Å². The highest BCUT2D eigenvalue weighted by Gasteiger charge is 2.09. The van der Waals surface area contributed by atoms with Crippen molar-refractivity contribution in [2.45, 2.75) is 10.1 Å². The van der Waals surface area contributed by atoms with Gasteiger partial charge in [0, 0.05) is 16.6 Å². The Bertz CT molecular complexity index is 699. The van der Waals surface area contributed by atoms with Gasteiger partial charge in [-0.15, -0.1) is 0 Å². The maximum atomic E-state index is 11.2. The average molecular weight is 278 g/mol. The van der Waals surface area contributed by atoms with Gasteiger partial charge in [0.1, 0.15) is 5.82 Å². The van der Waals surface area contributed by atoms with Gasteiger partial charge in [-0.25, -0.2) is 9.78 Å². The molecule has 1 aromatic heterocycles. The van der Waals surface area contributed by atoms with Crippen molar-refractivity contribution < 1.29 is 9.90 Å².